The number of ether oxygens (including phenoxy) is 1. The molecule has 1 spiro atoms. The number of phenols is 1. The number of furan rings is 1. The van der Waals surface area contributed by atoms with Gasteiger partial charge in [0.15, 0.2) is 11.5 Å². The predicted molar refractivity (Wildman–Crippen MR) is 131 cm³/mol. The Kier molecular flexibility index (Phi) is 4.96. The third-order valence-electron chi connectivity index (χ3n) is 9.14. The average molecular weight is 477 g/mol. The van der Waals surface area contributed by atoms with Gasteiger partial charge in [0.2, 0.25) is 5.91 Å². The van der Waals surface area contributed by atoms with Gasteiger partial charge in [-0.1, -0.05) is 19.1 Å². The molecule has 35 heavy (non-hydrogen) atoms. The van der Waals surface area contributed by atoms with Crippen LogP contribution in [0, 0.1) is 5.92 Å². The Morgan fingerprint density at radius 1 is 1.37 bits per heavy atom. The number of hydrogen-bond acceptors (Lipinski definition) is 6. The molecule has 1 saturated heterocycles. The highest BCUT2D eigenvalue weighted by Gasteiger charge is 2.75. The number of hydrogen-bond donors (Lipinski definition) is 2. The molecule has 1 aromatic carbocycles. The van der Waals surface area contributed by atoms with Crippen LogP contribution in [0.2, 0.25) is 0 Å². The molecule has 0 radical (unpaired) electrons. The summed E-state index contributed by atoms with van der Waals surface area (Å²) < 4.78 is 11.7. The van der Waals surface area contributed by atoms with E-state index >= 15 is 0 Å². The molecule has 7 heteroatoms. The van der Waals surface area contributed by atoms with Crippen molar-refractivity contribution in [1.29, 1.82) is 0 Å². The van der Waals surface area contributed by atoms with Crippen molar-refractivity contribution < 1.29 is 24.2 Å². The number of carbonyl (C=O) groups is 1. The highest BCUT2D eigenvalue weighted by atomic mass is 16.5. The zero-order valence-corrected chi connectivity index (χ0v) is 20.2. The van der Waals surface area contributed by atoms with Crippen molar-refractivity contribution in [2.75, 3.05) is 20.1 Å². The number of benzene rings is 1. The second-order valence-electron chi connectivity index (χ2n) is 10.6. The molecule has 1 saturated carbocycles. The number of phenolic OH excluding ortho intramolecular Hbond substituents is 1. The Morgan fingerprint density at radius 2 is 2.20 bits per heavy atom. The Bertz CT molecular complexity index is 1210. The van der Waals surface area contributed by atoms with E-state index in [4.69, 9.17) is 9.15 Å². The summed E-state index contributed by atoms with van der Waals surface area (Å²) in [5, 5.41) is 23.5. The second kappa shape index (κ2) is 7.73. The smallest absolute Gasteiger partial charge is 0.246 e. The second-order valence-corrected chi connectivity index (χ2v) is 10.6. The molecule has 1 aromatic heterocycles. The van der Waals surface area contributed by atoms with Gasteiger partial charge in [-0.3, -0.25) is 9.69 Å². The van der Waals surface area contributed by atoms with Crippen molar-refractivity contribution in [2.45, 2.75) is 55.4 Å². The molecule has 0 unspecified atom stereocenters. The zero-order chi connectivity index (χ0) is 24.5. The number of amides is 1. The van der Waals surface area contributed by atoms with E-state index in [1.54, 1.807) is 48.8 Å². The average Bonchev–Trinajstić information content (AvgIpc) is 3.48. The van der Waals surface area contributed by atoms with Crippen LogP contribution in [0.15, 0.2) is 53.9 Å². The van der Waals surface area contributed by atoms with Gasteiger partial charge in [0, 0.05) is 36.8 Å². The summed E-state index contributed by atoms with van der Waals surface area (Å²) in [7, 11) is 1.81. The fourth-order valence-corrected chi connectivity index (χ4v) is 7.61. The van der Waals surface area contributed by atoms with E-state index in [1.807, 2.05) is 12.1 Å². The largest absolute Gasteiger partial charge is 0.504 e. The van der Waals surface area contributed by atoms with Crippen LogP contribution >= 0.6 is 0 Å². The van der Waals surface area contributed by atoms with E-state index in [-0.39, 0.29) is 29.7 Å². The van der Waals surface area contributed by atoms with Crippen LogP contribution in [-0.4, -0.2) is 69.8 Å². The summed E-state index contributed by atoms with van der Waals surface area (Å²) in [5.74, 6) is 0.364. The lowest BCUT2D eigenvalue weighted by atomic mass is 9.45. The number of aromatic hydroxyl groups is 1. The zero-order valence-electron chi connectivity index (χ0n) is 20.2. The first kappa shape index (κ1) is 22.4. The van der Waals surface area contributed by atoms with Crippen molar-refractivity contribution in [3.05, 3.63) is 66.1 Å². The minimum absolute atomic E-state index is 0.0821. The summed E-state index contributed by atoms with van der Waals surface area (Å²) >= 11 is 0. The summed E-state index contributed by atoms with van der Waals surface area (Å²) in [5.41, 5.74) is 1.15. The van der Waals surface area contributed by atoms with Gasteiger partial charge in [0.1, 0.15) is 6.10 Å². The van der Waals surface area contributed by atoms with Gasteiger partial charge < -0.3 is 24.3 Å². The van der Waals surface area contributed by atoms with E-state index in [9.17, 15) is 15.0 Å². The molecule has 6 atom stereocenters. The van der Waals surface area contributed by atoms with Gasteiger partial charge >= 0.3 is 0 Å². The van der Waals surface area contributed by atoms with Gasteiger partial charge in [-0.2, -0.15) is 0 Å². The van der Waals surface area contributed by atoms with Crippen LogP contribution in [0.25, 0.3) is 6.08 Å². The molecule has 2 N–H and O–H groups in total. The highest BCUT2D eigenvalue weighted by Crippen LogP contribution is 2.67. The number of rotatable bonds is 5. The summed E-state index contributed by atoms with van der Waals surface area (Å²) in [6.45, 7) is 7.54. The molecule has 184 valence electrons. The van der Waals surface area contributed by atoms with E-state index < -0.39 is 17.1 Å². The van der Waals surface area contributed by atoms with Gasteiger partial charge in [-0.05, 0) is 55.5 Å². The number of aliphatic hydroxyl groups is 1. The van der Waals surface area contributed by atoms with E-state index in [2.05, 4.69) is 18.4 Å². The Labute approximate surface area is 205 Å². The van der Waals surface area contributed by atoms with Crippen LogP contribution in [-0.2, 0) is 16.6 Å². The van der Waals surface area contributed by atoms with Crippen molar-refractivity contribution >= 4 is 12.0 Å². The van der Waals surface area contributed by atoms with Gasteiger partial charge in [0.25, 0.3) is 0 Å². The maximum Gasteiger partial charge on any atom is 0.246 e. The minimum Gasteiger partial charge on any atom is -0.504 e. The summed E-state index contributed by atoms with van der Waals surface area (Å²) in [6, 6.07) is 5.13. The van der Waals surface area contributed by atoms with Crippen molar-refractivity contribution in [1.82, 2.24) is 9.80 Å². The molecule has 2 fully saturated rings. The first-order valence-corrected chi connectivity index (χ1v) is 12.4. The topological polar surface area (TPSA) is 86.4 Å². The molecule has 7 nitrogen and oxygen atoms in total. The SMILES string of the molecule is C=CCN1CC[C@]23c4c5ccc(O)c4O[C@H]2[C@@H](N(C)C(=O)/C=C/c2ccoc2)C[C@H](C)[C@@]3(O)[C@H]1C5. The number of piperidine rings is 1. The van der Waals surface area contributed by atoms with Crippen molar-refractivity contribution in [3.63, 3.8) is 0 Å². The Hall–Kier alpha value is -3.03. The van der Waals surface area contributed by atoms with Crippen LogP contribution < -0.4 is 4.74 Å². The lowest BCUT2D eigenvalue weighted by Gasteiger charge is -2.66. The third kappa shape index (κ3) is 2.82. The predicted octanol–water partition coefficient (Wildman–Crippen LogP) is 3.11. The number of likely N-dealkylation sites (N-methyl/N-ethyl adjacent to an activating group) is 1. The lowest BCUT2D eigenvalue weighted by Crippen LogP contribution is -2.80. The van der Waals surface area contributed by atoms with Crippen LogP contribution in [0.3, 0.4) is 0 Å². The monoisotopic (exact) mass is 476 g/mol. The van der Waals surface area contributed by atoms with Crippen molar-refractivity contribution in [2.24, 2.45) is 5.92 Å². The molecule has 2 aliphatic carbocycles. The van der Waals surface area contributed by atoms with Crippen LogP contribution in [0.5, 0.6) is 11.5 Å². The fraction of sp³-hybridized carbons (Fsp3) is 0.464. The maximum atomic E-state index is 13.2. The lowest BCUT2D eigenvalue weighted by molar-refractivity contribution is -0.222. The maximum absolute atomic E-state index is 13.2. The van der Waals surface area contributed by atoms with Crippen LogP contribution in [0.1, 0.15) is 36.5 Å². The normalized spacial score (nSPS) is 34.9. The van der Waals surface area contributed by atoms with E-state index in [0.29, 0.717) is 31.6 Å². The molecule has 2 bridgehead atoms. The van der Waals surface area contributed by atoms with Gasteiger partial charge in [0.05, 0.1) is 29.6 Å². The first-order chi connectivity index (χ1) is 16.8. The Balaban J connectivity index is 1.45. The van der Waals surface area contributed by atoms with E-state index in [1.165, 1.54) is 0 Å². The molecule has 6 rings (SSSR count). The molecule has 1 amide bonds. The van der Waals surface area contributed by atoms with Crippen molar-refractivity contribution in [3.8, 4) is 11.5 Å². The van der Waals surface area contributed by atoms with Gasteiger partial charge in [-0.25, -0.2) is 0 Å². The number of carbonyl (C=O) groups excluding carboxylic acids is 1. The number of likely N-dealkylation sites (tertiary alicyclic amines) is 1. The molecule has 2 aromatic rings. The molecular weight excluding hydrogens is 444 g/mol. The first-order valence-electron chi connectivity index (χ1n) is 12.4. The standard InChI is InChI=1S/C28H32N2O5/c1-4-11-30-12-10-27-24-19-6-7-21(31)25(24)35-26(27)20(14-17(2)28(27,33)22(30)15-19)29(3)23(32)8-5-18-9-13-34-16-18/h4-9,13,16-17,20,22,26,31,33H,1,10-12,14-15H2,2-3H3/b8-5+/t17-,20-,22+,26-,27-,28+/m0/s1. The van der Waals surface area contributed by atoms with Crippen LogP contribution in [0.4, 0.5) is 0 Å². The quantitative estimate of drug-likeness (QED) is 0.510. The number of nitrogens with zero attached hydrogens (tertiary/aromatic N) is 2. The third-order valence-corrected chi connectivity index (χ3v) is 9.14. The summed E-state index contributed by atoms with van der Waals surface area (Å²) in [6.07, 6.45) is 9.89. The molecule has 2 aliphatic heterocycles. The Morgan fingerprint density at radius 3 is 2.94 bits per heavy atom. The molecule has 4 aliphatic rings. The minimum atomic E-state index is -1.04. The molecular formula is C28H32N2O5. The fourth-order valence-electron chi connectivity index (χ4n) is 7.61. The van der Waals surface area contributed by atoms with Gasteiger partial charge in [-0.15, -0.1) is 6.58 Å². The molecule has 3 heterocycles. The summed E-state index contributed by atoms with van der Waals surface area (Å²) in [4.78, 5) is 17.3. The highest BCUT2D eigenvalue weighted by molar-refractivity contribution is 5.92. The van der Waals surface area contributed by atoms with E-state index in [0.717, 1.165) is 23.2 Å².